The lowest BCUT2D eigenvalue weighted by Crippen LogP contribution is -2.29. The third kappa shape index (κ3) is 46.8. The smallest absolute Gasteiger partial charge is 0.462 e. The fraction of sp³-hybridized carbons (Fsp3) is 0.725. The van der Waals surface area contributed by atoms with E-state index in [1.54, 1.807) is 0 Å². The van der Waals surface area contributed by atoms with Crippen LogP contribution in [-0.2, 0) is 32.7 Å². The molecule has 9 nitrogen and oxygen atoms in total. The van der Waals surface area contributed by atoms with Gasteiger partial charge in [0.05, 0.1) is 13.2 Å². The summed E-state index contributed by atoms with van der Waals surface area (Å²) in [5, 5.41) is 0. The molecular weight excluding hydrogens is 786 g/mol. The van der Waals surface area contributed by atoms with Gasteiger partial charge in [0.15, 0.2) is 6.10 Å². The van der Waals surface area contributed by atoms with E-state index in [-0.39, 0.29) is 38.6 Å². The van der Waals surface area contributed by atoms with Gasteiger partial charge in [-0.2, -0.15) is 0 Å². The van der Waals surface area contributed by atoms with Crippen molar-refractivity contribution in [2.45, 2.75) is 213 Å². The van der Waals surface area contributed by atoms with Crippen LogP contribution in [0, 0.1) is 0 Å². The Morgan fingerprint density at radius 2 is 0.902 bits per heavy atom. The number of hydrogen-bond donors (Lipinski definition) is 2. The molecular formula is C51H90NO8P. The van der Waals surface area contributed by atoms with Crippen molar-refractivity contribution in [1.29, 1.82) is 0 Å². The Bertz CT molecular complexity index is 1230. The van der Waals surface area contributed by atoms with Gasteiger partial charge in [-0.1, -0.05) is 202 Å². The summed E-state index contributed by atoms with van der Waals surface area (Å²) >= 11 is 0. The molecule has 0 aliphatic heterocycles. The van der Waals surface area contributed by atoms with Gasteiger partial charge < -0.3 is 20.1 Å². The molecule has 0 fully saturated rings. The standard InChI is InChI=1S/C51H90NO8P/c1-3-5-7-9-11-13-14-15-16-17-18-19-20-21-22-23-24-25-26-27-28-29-30-31-32-33-34-36-38-40-42-44-51(54)60-49(48-59-61(55,56)58-46-45-52)47-57-50(53)43-41-39-37-35-12-10-8-6-4-2/h5,7,11,13,15-16,18-19,21-22,24-25,49H,3-4,6,8-10,12,14,17,20,23,26-48,52H2,1-2H3,(H,55,56)/b7-5-,13-11-,16-15-,19-18-,22-21-,25-24-. The number of ether oxygens (including phenoxy) is 2. The van der Waals surface area contributed by atoms with Crippen molar-refractivity contribution >= 4 is 19.8 Å². The Balaban J connectivity index is 3.94. The first-order valence-electron chi connectivity index (χ1n) is 24.4. The first-order chi connectivity index (χ1) is 29.8. The number of carbonyl (C=O) groups is 2. The van der Waals surface area contributed by atoms with E-state index in [2.05, 4.69) is 86.8 Å². The minimum absolute atomic E-state index is 0.0517. The lowest BCUT2D eigenvalue weighted by atomic mass is 10.0. The van der Waals surface area contributed by atoms with Crippen LogP contribution in [0.5, 0.6) is 0 Å². The molecule has 0 spiro atoms. The van der Waals surface area contributed by atoms with Crippen LogP contribution >= 0.6 is 7.82 Å². The lowest BCUT2D eigenvalue weighted by molar-refractivity contribution is -0.161. The van der Waals surface area contributed by atoms with Crippen molar-refractivity contribution in [2.24, 2.45) is 5.73 Å². The molecule has 0 aromatic heterocycles. The minimum atomic E-state index is -4.38. The van der Waals surface area contributed by atoms with Gasteiger partial charge >= 0.3 is 19.8 Å². The van der Waals surface area contributed by atoms with E-state index in [1.807, 2.05) is 0 Å². The zero-order valence-electron chi connectivity index (χ0n) is 38.9. The van der Waals surface area contributed by atoms with Crippen molar-refractivity contribution in [3.05, 3.63) is 72.9 Å². The maximum Gasteiger partial charge on any atom is 0.472 e. The molecule has 0 aliphatic rings. The minimum Gasteiger partial charge on any atom is -0.462 e. The van der Waals surface area contributed by atoms with Gasteiger partial charge in [0.25, 0.3) is 0 Å². The molecule has 61 heavy (non-hydrogen) atoms. The molecule has 0 amide bonds. The number of carbonyl (C=O) groups excluding carboxylic acids is 2. The van der Waals surface area contributed by atoms with Crippen molar-refractivity contribution in [2.75, 3.05) is 26.4 Å². The van der Waals surface area contributed by atoms with E-state index < -0.39 is 26.5 Å². The normalized spacial score (nSPS) is 13.8. The molecule has 2 atom stereocenters. The molecule has 0 bridgehead atoms. The molecule has 3 N–H and O–H groups in total. The molecule has 0 radical (unpaired) electrons. The van der Waals surface area contributed by atoms with Crippen LogP contribution in [0.4, 0.5) is 0 Å². The average Bonchev–Trinajstić information content (AvgIpc) is 3.25. The highest BCUT2D eigenvalue weighted by Gasteiger charge is 2.26. The summed E-state index contributed by atoms with van der Waals surface area (Å²) in [5.74, 6) is -0.833. The van der Waals surface area contributed by atoms with Crippen LogP contribution in [0.15, 0.2) is 72.9 Å². The van der Waals surface area contributed by atoms with Crippen molar-refractivity contribution in [3.63, 3.8) is 0 Å². The predicted octanol–water partition coefficient (Wildman–Crippen LogP) is 14.6. The molecule has 2 unspecified atom stereocenters. The largest absolute Gasteiger partial charge is 0.472 e. The summed E-state index contributed by atoms with van der Waals surface area (Å²) < 4.78 is 32.8. The average molecular weight is 876 g/mol. The first kappa shape index (κ1) is 58.5. The van der Waals surface area contributed by atoms with Gasteiger partial charge in [-0.05, 0) is 64.2 Å². The topological polar surface area (TPSA) is 134 Å². The van der Waals surface area contributed by atoms with Crippen LogP contribution in [-0.4, -0.2) is 49.3 Å². The Hall–Kier alpha value is -2.55. The summed E-state index contributed by atoms with van der Waals surface area (Å²) in [7, 11) is -4.38. The zero-order valence-corrected chi connectivity index (χ0v) is 39.8. The number of rotatable bonds is 45. The summed E-state index contributed by atoms with van der Waals surface area (Å²) in [4.78, 5) is 34.8. The van der Waals surface area contributed by atoms with E-state index in [9.17, 15) is 19.0 Å². The number of phosphoric ester groups is 1. The van der Waals surface area contributed by atoms with Gasteiger partial charge in [-0.3, -0.25) is 18.6 Å². The third-order valence-electron chi connectivity index (χ3n) is 10.1. The van der Waals surface area contributed by atoms with Gasteiger partial charge in [0, 0.05) is 19.4 Å². The van der Waals surface area contributed by atoms with Gasteiger partial charge in [-0.15, -0.1) is 0 Å². The summed E-state index contributed by atoms with van der Waals surface area (Å²) in [6.45, 7) is 3.59. The highest BCUT2D eigenvalue weighted by atomic mass is 31.2. The van der Waals surface area contributed by atoms with Crippen LogP contribution < -0.4 is 5.73 Å². The quantitative estimate of drug-likeness (QED) is 0.0265. The number of phosphoric acid groups is 1. The number of nitrogens with two attached hydrogens (primary N) is 1. The highest BCUT2D eigenvalue weighted by molar-refractivity contribution is 7.47. The van der Waals surface area contributed by atoms with E-state index >= 15 is 0 Å². The van der Waals surface area contributed by atoms with Crippen LogP contribution in [0.3, 0.4) is 0 Å². The second-order valence-electron chi connectivity index (χ2n) is 16.0. The van der Waals surface area contributed by atoms with Crippen LogP contribution in [0.2, 0.25) is 0 Å². The fourth-order valence-electron chi connectivity index (χ4n) is 6.52. The van der Waals surface area contributed by atoms with Gasteiger partial charge in [0.2, 0.25) is 0 Å². The second kappa shape index (κ2) is 46.9. The second-order valence-corrected chi connectivity index (χ2v) is 17.4. The first-order valence-corrected chi connectivity index (χ1v) is 25.9. The fourth-order valence-corrected chi connectivity index (χ4v) is 7.29. The van der Waals surface area contributed by atoms with Gasteiger partial charge in [0.1, 0.15) is 6.61 Å². The molecule has 10 heteroatoms. The third-order valence-corrected chi connectivity index (χ3v) is 11.1. The predicted molar refractivity (Wildman–Crippen MR) is 256 cm³/mol. The van der Waals surface area contributed by atoms with Crippen LogP contribution in [0.1, 0.15) is 206 Å². The lowest BCUT2D eigenvalue weighted by Gasteiger charge is -2.19. The Morgan fingerprint density at radius 3 is 1.34 bits per heavy atom. The van der Waals surface area contributed by atoms with Crippen molar-refractivity contribution in [1.82, 2.24) is 0 Å². The molecule has 0 rings (SSSR count). The van der Waals surface area contributed by atoms with E-state index in [0.29, 0.717) is 6.42 Å². The molecule has 0 aliphatic carbocycles. The maximum atomic E-state index is 12.6. The monoisotopic (exact) mass is 876 g/mol. The van der Waals surface area contributed by atoms with E-state index in [4.69, 9.17) is 24.3 Å². The number of allylic oxidation sites excluding steroid dienone is 12. The summed E-state index contributed by atoms with van der Waals surface area (Å²) in [5.41, 5.74) is 5.35. The molecule has 0 aromatic rings. The number of esters is 2. The van der Waals surface area contributed by atoms with Crippen molar-refractivity contribution < 1.29 is 37.6 Å². The van der Waals surface area contributed by atoms with E-state index in [1.165, 1.54) is 96.3 Å². The molecule has 0 heterocycles. The molecule has 0 aromatic carbocycles. The number of hydrogen-bond acceptors (Lipinski definition) is 8. The summed E-state index contributed by atoms with van der Waals surface area (Å²) in [6.07, 6.45) is 58.2. The summed E-state index contributed by atoms with van der Waals surface area (Å²) in [6, 6.07) is 0. The molecule has 0 saturated heterocycles. The molecule has 352 valence electrons. The van der Waals surface area contributed by atoms with E-state index in [0.717, 1.165) is 77.0 Å². The number of unbranched alkanes of at least 4 members (excludes halogenated alkanes) is 20. The highest BCUT2D eigenvalue weighted by Crippen LogP contribution is 2.43. The Kier molecular flexibility index (Phi) is 45.0. The zero-order chi connectivity index (χ0) is 44.6. The SMILES string of the molecule is CC/C=C\C/C=C\C/C=C\C/C=C\C/C=C\C/C=C\CCCCCCCCCCCCCCC(=O)OC(COC(=O)CCCCCCCCCCC)COP(=O)(O)OCCN. The van der Waals surface area contributed by atoms with Crippen LogP contribution in [0.25, 0.3) is 0 Å². The maximum absolute atomic E-state index is 12.6. The Morgan fingerprint density at radius 1 is 0.508 bits per heavy atom. The van der Waals surface area contributed by atoms with Gasteiger partial charge in [-0.25, -0.2) is 4.57 Å². The molecule has 0 saturated carbocycles. The Labute approximate surface area is 373 Å². The van der Waals surface area contributed by atoms with Crippen molar-refractivity contribution in [3.8, 4) is 0 Å².